The highest BCUT2D eigenvalue weighted by Crippen LogP contribution is 2.29. The number of aryl methyl sites for hydroxylation is 1. The van der Waals surface area contributed by atoms with Crippen LogP contribution < -0.4 is 0 Å². The molecule has 2 rings (SSSR count). The van der Waals surface area contributed by atoms with E-state index in [-0.39, 0.29) is 22.3 Å². The van der Waals surface area contributed by atoms with E-state index in [0.717, 1.165) is 5.56 Å². The number of hydrogen-bond acceptors (Lipinski definition) is 3. The minimum Gasteiger partial charge on any atom is -0.248 e. The largest absolute Gasteiger partial charge is 0.266 e. The van der Waals surface area contributed by atoms with Crippen LogP contribution in [0, 0.1) is 6.92 Å². The van der Waals surface area contributed by atoms with Crippen LogP contribution in [0.1, 0.15) is 11.3 Å². The monoisotopic (exact) mass is 338 g/mol. The molecule has 102 valence electrons. The van der Waals surface area contributed by atoms with Gasteiger partial charge in [0, 0.05) is 15.7 Å². The molecule has 0 saturated heterocycles. The van der Waals surface area contributed by atoms with Crippen molar-refractivity contribution in [3.8, 4) is 0 Å². The summed E-state index contributed by atoms with van der Waals surface area (Å²) in [6, 6.07) is 7.17. The second kappa shape index (κ2) is 5.32. The van der Waals surface area contributed by atoms with Crippen molar-refractivity contribution in [3.63, 3.8) is 0 Å². The van der Waals surface area contributed by atoms with Crippen LogP contribution in [0.4, 0.5) is 0 Å². The van der Waals surface area contributed by atoms with E-state index < -0.39 is 9.05 Å². The second-order valence-electron chi connectivity index (χ2n) is 3.89. The third-order valence-corrected chi connectivity index (χ3v) is 4.84. The smallest absolute Gasteiger partial charge is 0.248 e. The Kier molecular flexibility index (Phi) is 4.11. The first-order chi connectivity index (χ1) is 8.80. The van der Waals surface area contributed by atoms with Crippen molar-refractivity contribution in [2.45, 2.75) is 18.4 Å². The summed E-state index contributed by atoms with van der Waals surface area (Å²) in [6.45, 7) is 1.80. The molecule has 0 atom stereocenters. The molecule has 4 nitrogen and oxygen atoms in total. The van der Waals surface area contributed by atoms with Gasteiger partial charge in [0.05, 0.1) is 12.2 Å². The molecule has 19 heavy (non-hydrogen) atoms. The Balaban J connectivity index is 2.47. The lowest BCUT2D eigenvalue weighted by Crippen LogP contribution is -2.03. The van der Waals surface area contributed by atoms with Crippen molar-refractivity contribution in [2.24, 2.45) is 0 Å². The molecule has 1 aromatic carbocycles. The van der Waals surface area contributed by atoms with E-state index in [1.807, 2.05) is 12.1 Å². The lowest BCUT2D eigenvalue weighted by Gasteiger charge is -2.05. The summed E-state index contributed by atoms with van der Waals surface area (Å²) in [4.78, 5) is -0.164. The van der Waals surface area contributed by atoms with Gasteiger partial charge in [-0.2, -0.15) is 5.10 Å². The Labute approximate surface area is 125 Å². The van der Waals surface area contributed by atoms with Crippen molar-refractivity contribution in [3.05, 3.63) is 45.7 Å². The van der Waals surface area contributed by atoms with E-state index in [1.54, 1.807) is 12.1 Å². The van der Waals surface area contributed by atoms with E-state index in [2.05, 4.69) is 5.10 Å². The second-order valence-corrected chi connectivity index (χ2v) is 7.16. The number of benzene rings is 1. The lowest BCUT2D eigenvalue weighted by atomic mass is 10.2. The van der Waals surface area contributed by atoms with Gasteiger partial charge in [-0.05, 0) is 18.6 Å². The highest BCUT2D eigenvalue weighted by atomic mass is 35.7. The van der Waals surface area contributed by atoms with Crippen molar-refractivity contribution in [2.75, 3.05) is 0 Å². The third kappa shape index (κ3) is 3.05. The zero-order valence-electron chi connectivity index (χ0n) is 9.77. The zero-order chi connectivity index (χ0) is 14.2. The minimum atomic E-state index is -3.92. The molecule has 0 spiro atoms. The third-order valence-electron chi connectivity index (χ3n) is 2.54. The molecule has 1 aromatic heterocycles. The number of hydrogen-bond donors (Lipinski definition) is 0. The van der Waals surface area contributed by atoms with Gasteiger partial charge >= 0.3 is 0 Å². The summed E-state index contributed by atoms with van der Waals surface area (Å²) in [5, 5.41) is 4.61. The van der Waals surface area contributed by atoms with Crippen molar-refractivity contribution in [1.29, 1.82) is 0 Å². The van der Waals surface area contributed by atoms with Gasteiger partial charge in [0.25, 0.3) is 9.05 Å². The Hall–Kier alpha value is -0.750. The lowest BCUT2D eigenvalue weighted by molar-refractivity contribution is 0.609. The summed E-state index contributed by atoms with van der Waals surface area (Å²) >= 11 is 12.0. The van der Waals surface area contributed by atoms with Gasteiger partial charge < -0.3 is 0 Å². The summed E-state index contributed by atoms with van der Waals surface area (Å²) in [5.41, 5.74) is 1.04. The van der Waals surface area contributed by atoms with Crippen LogP contribution in [-0.4, -0.2) is 18.2 Å². The molecule has 0 N–H and O–H groups in total. The van der Waals surface area contributed by atoms with Crippen LogP contribution in [0.15, 0.2) is 29.2 Å². The number of halogens is 3. The maximum Gasteiger partial charge on any atom is 0.266 e. The molecule has 0 radical (unpaired) electrons. The van der Waals surface area contributed by atoms with Crippen LogP contribution in [0.3, 0.4) is 0 Å². The van der Waals surface area contributed by atoms with Crippen LogP contribution in [0.5, 0.6) is 0 Å². The van der Waals surface area contributed by atoms with Crippen LogP contribution in [0.25, 0.3) is 0 Å². The predicted molar refractivity (Wildman–Crippen MR) is 75.6 cm³/mol. The van der Waals surface area contributed by atoms with Crippen molar-refractivity contribution < 1.29 is 8.42 Å². The molecular formula is C11H9Cl3N2O2S. The molecule has 0 bridgehead atoms. The van der Waals surface area contributed by atoms with Gasteiger partial charge in [0.15, 0.2) is 0 Å². The van der Waals surface area contributed by atoms with Gasteiger partial charge in [-0.15, -0.1) is 0 Å². The van der Waals surface area contributed by atoms with Gasteiger partial charge in [-0.1, -0.05) is 41.4 Å². The summed E-state index contributed by atoms with van der Waals surface area (Å²) in [7, 11) is 1.40. The summed E-state index contributed by atoms with van der Waals surface area (Å²) in [6.07, 6.45) is 0. The van der Waals surface area contributed by atoms with E-state index in [0.29, 0.717) is 5.02 Å². The molecule has 0 aliphatic rings. The predicted octanol–water partition coefficient (Wildman–Crippen LogP) is 3.47. The number of rotatable bonds is 3. The fourth-order valence-corrected chi connectivity index (χ4v) is 3.81. The molecule has 0 saturated carbocycles. The molecule has 0 fully saturated rings. The quantitative estimate of drug-likeness (QED) is 0.805. The highest BCUT2D eigenvalue weighted by molar-refractivity contribution is 8.13. The standard InChI is InChI=1S/C11H9Cl3N2O2S/c1-7-10(19(14,17)18)11(13)16(15-7)6-8-4-2-3-5-9(8)12/h2-5H,6H2,1H3. The fraction of sp³-hybridized carbons (Fsp3) is 0.182. The SMILES string of the molecule is Cc1nn(Cc2ccccc2Cl)c(Cl)c1S(=O)(=O)Cl. The Morgan fingerprint density at radius 1 is 1.26 bits per heavy atom. The average Bonchev–Trinajstić information content (AvgIpc) is 2.56. The first-order valence-corrected chi connectivity index (χ1v) is 8.28. The minimum absolute atomic E-state index is 0.0209. The fourth-order valence-electron chi connectivity index (χ4n) is 1.71. The van der Waals surface area contributed by atoms with Gasteiger partial charge in [-0.25, -0.2) is 13.1 Å². The van der Waals surface area contributed by atoms with Gasteiger partial charge in [-0.3, -0.25) is 0 Å². The number of nitrogens with zero attached hydrogens (tertiary/aromatic N) is 2. The van der Waals surface area contributed by atoms with E-state index >= 15 is 0 Å². The Morgan fingerprint density at radius 3 is 2.42 bits per heavy atom. The zero-order valence-corrected chi connectivity index (χ0v) is 12.9. The maximum atomic E-state index is 11.4. The van der Waals surface area contributed by atoms with E-state index in [1.165, 1.54) is 11.6 Å². The molecule has 0 aliphatic heterocycles. The normalized spacial score (nSPS) is 11.8. The first kappa shape index (κ1) is 14.7. The first-order valence-electron chi connectivity index (χ1n) is 5.21. The molecule has 2 aromatic rings. The Bertz CT molecular complexity index is 726. The van der Waals surface area contributed by atoms with E-state index in [9.17, 15) is 8.42 Å². The molecule has 0 unspecified atom stereocenters. The highest BCUT2D eigenvalue weighted by Gasteiger charge is 2.24. The Morgan fingerprint density at radius 2 is 1.89 bits per heavy atom. The maximum absolute atomic E-state index is 11.4. The van der Waals surface area contributed by atoms with Gasteiger partial charge in [0.2, 0.25) is 0 Å². The van der Waals surface area contributed by atoms with Crippen molar-refractivity contribution >= 4 is 42.9 Å². The van der Waals surface area contributed by atoms with Crippen LogP contribution in [-0.2, 0) is 15.6 Å². The molecule has 0 amide bonds. The average molecular weight is 340 g/mol. The number of aromatic nitrogens is 2. The van der Waals surface area contributed by atoms with Crippen LogP contribution >= 0.6 is 33.9 Å². The molecule has 1 heterocycles. The molecule has 0 aliphatic carbocycles. The van der Waals surface area contributed by atoms with E-state index in [4.69, 9.17) is 33.9 Å². The topological polar surface area (TPSA) is 52.0 Å². The van der Waals surface area contributed by atoms with Crippen molar-refractivity contribution in [1.82, 2.24) is 9.78 Å². The summed E-state index contributed by atoms with van der Waals surface area (Å²) in [5.74, 6) is 0. The molecular weight excluding hydrogens is 331 g/mol. The molecule has 8 heteroatoms. The van der Waals surface area contributed by atoms with Crippen LogP contribution in [0.2, 0.25) is 10.2 Å². The summed E-state index contributed by atoms with van der Waals surface area (Å²) < 4.78 is 24.2. The van der Waals surface area contributed by atoms with Gasteiger partial charge in [0.1, 0.15) is 10.0 Å².